The van der Waals surface area contributed by atoms with E-state index < -0.39 is 11.7 Å². The lowest BCUT2D eigenvalue weighted by Gasteiger charge is -2.14. The van der Waals surface area contributed by atoms with Crippen molar-refractivity contribution < 1.29 is 13.2 Å². The Morgan fingerprint density at radius 1 is 1.10 bits per heavy atom. The van der Waals surface area contributed by atoms with Crippen molar-refractivity contribution >= 4 is 5.57 Å². The van der Waals surface area contributed by atoms with E-state index in [1.54, 1.807) is 19.9 Å². The van der Waals surface area contributed by atoms with Crippen molar-refractivity contribution in [1.82, 2.24) is 0 Å². The number of hydrogen-bond acceptors (Lipinski definition) is 0. The zero-order valence-corrected chi connectivity index (χ0v) is 13.9. The second-order valence-electron chi connectivity index (χ2n) is 3.94. The van der Waals surface area contributed by atoms with Gasteiger partial charge in [-0.05, 0) is 48.4 Å². The van der Waals surface area contributed by atoms with Crippen LogP contribution in [0, 0.1) is 20.4 Å². The van der Waals surface area contributed by atoms with E-state index in [1.807, 2.05) is 27.7 Å². The molecule has 1 rings (SSSR count). The van der Waals surface area contributed by atoms with E-state index in [9.17, 15) is 13.2 Å². The molecule has 0 radical (unpaired) electrons. The van der Waals surface area contributed by atoms with E-state index in [0.29, 0.717) is 16.7 Å². The summed E-state index contributed by atoms with van der Waals surface area (Å²) in [7, 11) is 0. The van der Waals surface area contributed by atoms with Crippen LogP contribution in [0.3, 0.4) is 0 Å². The largest absolute Gasteiger partial charge is 0.416 e. The molecule has 0 amide bonds. The summed E-state index contributed by atoms with van der Waals surface area (Å²) in [5, 5.41) is 0. The van der Waals surface area contributed by atoms with Gasteiger partial charge in [0, 0.05) is 5.57 Å². The van der Waals surface area contributed by atoms with Crippen LogP contribution in [0.2, 0.25) is 0 Å². The predicted molar refractivity (Wildman–Crippen MR) is 85.6 cm³/mol. The normalized spacial score (nSPS) is 10.6. The Bertz CT molecular complexity index is 506. The van der Waals surface area contributed by atoms with Crippen LogP contribution in [-0.2, 0) is 6.18 Å². The van der Waals surface area contributed by atoms with Crippen molar-refractivity contribution in [2.24, 2.45) is 0 Å². The number of aryl methyl sites for hydroxylation is 1. The molecule has 0 bridgehead atoms. The Balaban J connectivity index is 0. The number of alkyl halides is 3. The van der Waals surface area contributed by atoms with Gasteiger partial charge in [-0.25, -0.2) is 0 Å². The number of allylic oxidation sites excluding steroid dienone is 1. The molecule has 118 valence electrons. The summed E-state index contributed by atoms with van der Waals surface area (Å²) in [5.41, 5.74) is 1.27. The van der Waals surface area contributed by atoms with Crippen molar-refractivity contribution in [2.75, 3.05) is 0 Å². The zero-order chi connectivity index (χ0) is 17.2. The van der Waals surface area contributed by atoms with Gasteiger partial charge in [0.1, 0.15) is 0 Å². The smallest absolute Gasteiger partial charge is 0.166 e. The first-order chi connectivity index (χ1) is 9.77. The minimum absolute atomic E-state index is 0.195. The van der Waals surface area contributed by atoms with E-state index in [4.69, 9.17) is 6.57 Å². The number of halogens is 3. The molecule has 0 spiro atoms. The summed E-state index contributed by atoms with van der Waals surface area (Å²) in [6.45, 7) is 17.8. The van der Waals surface area contributed by atoms with Crippen molar-refractivity contribution in [3.05, 3.63) is 45.4 Å². The fraction of sp³-hybridized carbons (Fsp3) is 0.471. The van der Waals surface area contributed by atoms with Crippen molar-refractivity contribution in [1.29, 1.82) is 0 Å². The summed E-state index contributed by atoms with van der Waals surface area (Å²) in [6, 6.07) is 2.84. The van der Waals surface area contributed by atoms with Gasteiger partial charge in [-0.15, -0.1) is 0 Å². The molecular formula is C17H25F3N+. The van der Waals surface area contributed by atoms with E-state index in [1.165, 1.54) is 13.1 Å². The minimum Gasteiger partial charge on any atom is -0.166 e. The molecule has 0 aromatic heterocycles. The Morgan fingerprint density at radius 3 is 1.95 bits per heavy atom. The van der Waals surface area contributed by atoms with Crippen LogP contribution in [0.5, 0.6) is 0 Å². The van der Waals surface area contributed by atoms with Crippen molar-refractivity contribution in [3.8, 4) is 6.57 Å². The highest BCUT2D eigenvalue weighted by Gasteiger charge is 2.33. The summed E-state index contributed by atoms with van der Waals surface area (Å²) >= 11 is 0. The highest BCUT2D eigenvalue weighted by Crippen LogP contribution is 2.35. The highest BCUT2D eigenvalue weighted by molar-refractivity contribution is 5.69. The number of benzene rings is 1. The fourth-order valence-electron chi connectivity index (χ4n) is 1.74. The van der Waals surface area contributed by atoms with E-state index in [2.05, 4.69) is 4.85 Å². The molecule has 4 heteroatoms. The van der Waals surface area contributed by atoms with Crippen LogP contribution in [0.15, 0.2) is 18.3 Å². The molecular weight excluding hydrogens is 275 g/mol. The Hall–Kier alpha value is -1.76. The number of hydrogen-bond donors (Lipinski definition) is 0. The first kappa shape index (κ1) is 21.5. The molecule has 0 atom stereocenters. The molecule has 1 nitrogen and oxygen atoms in total. The third-order valence-electron chi connectivity index (χ3n) is 2.55. The minimum atomic E-state index is -4.34. The lowest BCUT2D eigenvalue weighted by atomic mass is 9.95. The molecule has 0 saturated heterocycles. The number of rotatable bonds is 1. The quantitative estimate of drug-likeness (QED) is 0.543. The predicted octanol–water partition coefficient (Wildman–Crippen LogP) is 6.70. The SMILES string of the molecule is C#[N+]/C=C(/C)c1cc(C)cc(C(F)(F)F)c1C.CC.CC. The van der Waals surface area contributed by atoms with Crippen molar-refractivity contribution in [2.45, 2.75) is 54.6 Å². The van der Waals surface area contributed by atoms with Gasteiger partial charge in [-0.1, -0.05) is 33.8 Å². The summed E-state index contributed by atoms with van der Waals surface area (Å²) in [6.07, 6.45) is -2.99. The van der Waals surface area contributed by atoms with Gasteiger partial charge in [0.15, 0.2) is 0 Å². The van der Waals surface area contributed by atoms with Gasteiger partial charge in [0.2, 0.25) is 0 Å². The molecule has 0 saturated carbocycles. The second-order valence-corrected chi connectivity index (χ2v) is 3.94. The second kappa shape index (κ2) is 10.0. The van der Waals surface area contributed by atoms with Crippen molar-refractivity contribution in [3.63, 3.8) is 0 Å². The molecule has 1 aromatic carbocycles. The Morgan fingerprint density at radius 2 is 1.57 bits per heavy atom. The first-order valence-corrected chi connectivity index (χ1v) is 7.03. The first-order valence-electron chi connectivity index (χ1n) is 7.03. The maximum Gasteiger partial charge on any atom is 0.416 e. The van der Waals surface area contributed by atoms with Crippen LogP contribution in [-0.4, -0.2) is 0 Å². The summed E-state index contributed by atoms with van der Waals surface area (Å²) in [5.74, 6) is 0. The average Bonchev–Trinajstić information content (AvgIpc) is 2.44. The molecule has 0 aliphatic rings. The Kier molecular flexibility index (Phi) is 10.3. The Labute approximate surface area is 126 Å². The molecule has 0 heterocycles. The maximum atomic E-state index is 12.8. The molecule has 21 heavy (non-hydrogen) atoms. The molecule has 1 aromatic rings. The maximum absolute atomic E-state index is 12.8. The van der Waals surface area contributed by atoms with Gasteiger partial charge >= 0.3 is 12.4 Å². The highest BCUT2D eigenvalue weighted by atomic mass is 19.4. The summed E-state index contributed by atoms with van der Waals surface area (Å²) < 4.78 is 38.4. The van der Waals surface area contributed by atoms with E-state index in [0.717, 1.165) is 6.07 Å². The van der Waals surface area contributed by atoms with Gasteiger partial charge in [0.25, 0.3) is 6.57 Å². The molecule has 0 fully saturated rings. The molecule has 0 aliphatic carbocycles. The third kappa shape index (κ3) is 6.48. The van der Waals surface area contributed by atoms with Crippen LogP contribution >= 0.6 is 0 Å². The average molecular weight is 300 g/mol. The lowest BCUT2D eigenvalue weighted by Crippen LogP contribution is -2.09. The van der Waals surface area contributed by atoms with E-state index in [-0.39, 0.29) is 5.56 Å². The molecule has 0 unspecified atom stereocenters. The summed E-state index contributed by atoms with van der Waals surface area (Å²) in [4.78, 5) is 3.33. The zero-order valence-electron chi connectivity index (χ0n) is 13.9. The van der Waals surface area contributed by atoms with Gasteiger partial charge in [0.05, 0.1) is 5.56 Å². The molecule has 0 N–H and O–H groups in total. The topological polar surface area (TPSA) is 4.36 Å². The van der Waals surface area contributed by atoms with E-state index >= 15 is 0 Å². The van der Waals surface area contributed by atoms with Crippen LogP contribution < -0.4 is 0 Å². The van der Waals surface area contributed by atoms with Crippen LogP contribution in [0.4, 0.5) is 13.2 Å². The molecule has 0 aliphatic heterocycles. The lowest BCUT2D eigenvalue weighted by molar-refractivity contribution is -0.138. The van der Waals surface area contributed by atoms with Crippen LogP contribution in [0.1, 0.15) is 56.9 Å². The number of nitrogens with zero attached hydrogens (tertiary/aromatic N) is 1. The van der Waals surface area contributed by atoms with Gasteiger partial charge in [-0.3, -0.25) is 0 Å². The third-order valence-corrected chi connectivity index (χ3v) is 2.55. The van der Waals surface area contributed by atoms with Crippen LogP contribution in [0.25, 0.3) is 10.4 Å². The fourth-order valence-corrected chi connectivity index (χ4v) is 1.74. The monoisotopic (exact) mass is 300 g/mol. The van der Waals surface area contributed by atoms with Gasteiger partial charge < -0.3 is 0 Å². The van der Waals surface area contributed by atoms with Gasteiger partial charge in [-0.2, -0.15) is 13.2 Å². The standard InChI is InChI=1S/C13H13F3N.2C2H6/c1-8-5-11(9(2)7-17-4)10(3)12(6-8)13(14,15)16;2*1-2/h4-7H,1-3H3;2*1-2H3/q+1;;/b9-7-;;.